The molecule has 2 aromatic carbocycles. The first-order valence-corrected chi connectivity index (χ1v) is 8.83. The number of hydrogen-bond donors (Lipinski definition) is 1. The van der Waals surface area contributed by atoms with Gasteiger partial charge in [-0.1, -0.05) is 30.3 Å². The van der Waals surface area contributed by atoms with E-state index in [1.807, 2.05) is 30.3 Å². The third kappa shape index (κ3) is 2.41. The molecule has 120 valence electrons. The lowest BCUT2D eigenvalue weighted by Gasteiger charge is -2.21. The molecule has 2 heterocycles. The quantitative estimate of drug-likeness (QED) is 0.811. The van der Waals surface area contributed by atoms with Gasteiger partial charge in [0.1, 0.15) is 12.4 Å². The van der Waals surface area contributed by atoms with Crippen LogP contribution in [0.15, 0.2) is 70.8 Å². The van der Waals surface area contributed by atoms with Crippen LogP contribution in [-0.2, 0) is 10.0 Å². The van der Waals surface area contributed by atoms with Crippen molar-refractivity contribution in [1.29, 1.82) is 0 Å². The number of ether oxygens (including phenoxy) is 1. The normalized spacial score (nSPS) is 19.6. The van der Waals surface area contributed by atoms with Crippen LogP contribution in [0.1, 0.15) is 15.9 Å². The van der Waals surface area contributed by atoms with E-state index in [9.17, 15) is 13.2 Å². The van der Waals surface area contributed by atoms with Crippen molar-refractivity contribution in [1.82, 2.24) is 4.72 Å². The fraction of sp³-hybridized carbons (Fsp3) is 0.0556. The summed E-state index contributed by atoms with van der Waals surface area (Å²) in [5.41, 5.74) is 1.82. The van der Waals surface area contributed by atoms with Gasteiger partial charge in [-0.3, -0.25) is 9.52 Å². The van der Waals surface area contributed by atoms with Crippen molar-refractivity contribution in [3.63, 3.8) is 0 Å². The molecule has 6 heteroatoms. The number of sulfonamides is 1. The first kappa shape index (κ1) is 14.7. The van der Waals surface area contributed by atoms with Gasteiger partial charge in [0, 0.05) is 11.1 Å². The van der Waals surface area contributed by atoms with E-state index in [1.165, 1.54) is 18.2 Å². The molecule has 0 saturated carbocycles. The average Bonchev–Trinajstić information content (AvgIpc) is 2.59. The molecule has 0 bridgehead atoms. The van der Waals surface area contributed by atoms with E-state index < -0.39 is 10.0 Å². The number of allylic oxidation sites excluding steroid dienone is 1. The Morgan fingerprint density at radius 3 is 2.67 bits per heavy atom. The fourth-order valence-corrected chi connectivity index (χ4v) is 4.04. The Morgan fingerprint density at radius 1 is 1.04 bits per heavy atom. The summed E-state index contributed by atoms with van der Waals surface area (Å²) in [5, 5.41) is 0. The van der Waals surface area contributed by atoms with E-state index >= 15 is 0 Å². The van der Waals surface area contributed by atoms with Gasteiger partial charge >= 0.3 is 0 Å². The molecule has 0 radical (unpaired) electrons. The van der Waals surface area contributed by atoms with Gasteiger partial charge in [-0.05, 0) is 35.9 Å². The molecule has 0 atom stereocenters. The molecule has 4 rings (SSSR count). The first-order chi connectivity index (χ1) is 11.5. The Balaban J connectivity index is 1.78. The standard InChI is InChI=1S/C18H13NO4S/c20-18-14-6-2-4-8-17(14)24(21,22)19-15(18)10-12-9-13-5-1-3-7-16(13)23-11-12/h1-10,19H,11H2/b15-10-. The second kappa shape index (κ2) is 5.35. The zero-order valence-corrected chi connectivity index (χ0v) is 13.3. The number of carbonyl (C=O) groups excluding carboxylic acids is 1. The van der Waals surface area contributed by atoms with Crippen molar-refractivity contribution in [3.8, 4) is 5.75 Å². The molecule has 0 aliphatic carbocycles. The summed E-state index contributed by atoms with van der Waals surface area (Å²) in [5.74, 6) is 0.417. The predicted octanol–water partition coefficient (Wildman–Crippen LogP) is 2.52. The van der Waals surface area contributed by atoms with Crippen LogP contribution in [0.5, 0.6) is 5.75 Å². The van der Waals surface area contributed by atoms with Gasteiger partial charge in [-0.15, -0.1) is 0 Å². The zero-order valence-electron chi connectivity index (χ0n) is 12.5. The van der Waals surface area contributed by atoms with Gasteiger partial charge in [0.05, 0.1) is 10.6 Å². The van der Waals surface area contributed by atoms with Crippen LogP contribution in [0.4, 0.5) is 0 Å². The molecule has 0 unspecified atom stereocenters. The molecule has 24 heavy (non-hydrogen) atoms. The fourth-order valence-electron chi connectivity index (χ4n) is 2.78. The van der Waals surface area contributed by atoms with Gasteiger partial charge in [0.2, 0.25) is 5.78 Å². The van der Waals surface area contributed by atoms with E-state index in [-0.39, 0.29) is 28.5 Å². The Labute approximate surface area is 139 Å². The summed E-state index contributed by atoms with van der Waals surface area (Å²) in [6.45, 7) is 0.275. The van der Waals surface area contributed by atoms with Gasteiger partial charge < -0.3 is 4.74 Å². The van der Waals surface area contributed by atoms with Crippen LogP contribution in [-0.4, -0.2) is 20.8 Å². The summed E-state index contributed by atoms with van der Waals surface area (Å²) in [6, 6.07) is 13.7. The second-order valence-corrected chi connectivity index (χ2v) is 7.19. The Bertz CT molecular complexity index is 1020. The molecule has 2 aliphatic rings. The van der Waals surface area contributed by atoms with Gasteiger partial charge in [0.15, 0.2) is 0 Å². The zero-order chi connectivity index (χ0) is 16.7. The number of fused-ring (bicyclic) bond motifs is 2. The van der Waals surface area contributed by atoms with Crippen molar-refractivity contribution < 1.29 is 17.9 Å². The highest BCUT2D eigenvalue weighted by Crippen LogP contribution is 2.28. The number of para-hydroxylation sites is 1. The maximum absolute atomic E-state index is 12.6. The van der Waals surface area contributed by atoms with Gasteiger partial charge in [-0.2, -0.15) is 0 Å². The number of Topliss-reactive ketones (excluding diaryl/α,β-unsaturated/α-hetero) is 1. The molecular weight excluding hydrogens is 326 g/mol. The molecule has 0 amide bonds. The average molecular weight is 339 g/mol. The Hall–Kier alpha value is -2.86. The molecule has 0 saturated heterocycles. The maximum Gasteiger partial charge on any atom is 0.262 e. The lowest BCUT2D eigenvalue weighted by molar-refractivity contribution is 0.102. The van der Waals surface area contributed by atoms with Crippen LogP contribution < -0.4 is 9.46 Å². The predicted molar refractivity (Wildman–Crippen MR) is 89.1 cm³/mol. The number of ketones is 1. The molecular formula is C18H13NO4S. The first-order valence-electron chi connectivity index (χ1n) is 7.35. The maximum atomic E-state index is 12.6. The minimum absolute atomic E-state index is 0.00590. The highest BCUT2D eigenvalue weighted by atomic mass is 32.2. The van der Waals surface area contributed by atoms with E-state index in [1.54, 1.807) is 12.1 Å². The van der Waals surface area contributed by atoms with Gasteiger partial charge in [-0.25, -0.2) is 8.42 Å². The number of rotatable bonds is 1. The lowest BCUT2D eigenvalue weighted by atomic mass is 10.0. The smallest absolute Gasteiger partial charge is 0.262 e. The van der Waals surface area contributed by atoms with E-state index in [0.29, 0.717) is 0 Å². The Morgan fingerprint density at radius 2 is 1.79 bits per heavy atom. The third-order valence-electron chi connectivity index (χ3n) is 3.89. The van der Waals surface area contributed by atoms with Crippen molar-refractivity contribution in [2.75, 3.05) is 6.61 Å². The molecule has 2 aromatic rings. The summed E-state index contributed by atoms with van der Waals surface area (Å²) in [4.78, 5) is 12.6. The minimum Gasteiger partial charge on any atom is -0.488 e. The summed E-state index contributed by atoms with van der Waals surface area (Å²) < 4.78 is 32.6. The van der Waals surface area contributed by atoms with Crippen molar-refractivity contribution >= 4 is 21.9 Å². The van der Waals surface area contributed by atoms with Crippen LogP contribution in [0.2, 0.25) is 0 Å². The van der Waals surface area contributed by atoms with E-state index in [2.05, 4.69) is 4.72 Å². The number of benzene rings is 2. The Kier molecular flexibility index (Phi) is 3.28. The van der Waals surface area contributed by atoms with Crippen molar-refractivity contribution in [2.45, 2.75) is 4.90 Å². The lowest BCUT2D eigenvalue weighted by Crippen LogP contribution is -2.34. The van der Waals surface area contributed by atoms with Crippen LogP contribution in [0.3, 0.4) is 0 Å². The highest BCUT2D eigenvalue weighted by molar-refractivity contribution is 7.90. The molecule has 1 N–H and O–H groups in total. The van der Waals surface area contributed by atoms with Crippen LogP contribution >= 0.6 is 0 Å². The third-order valence-corrected chi connectivity index (χ3v) is 5.32. The molecule has 2 aliphatic heterocycles. The minimum atomic E-state index is -3.74. The SMILES string of the molecule is O=C1/C(=C/C2=Cc3ccccc3OC2)NS(=O)(=O)c2ccccc21. The van der Waals surface area contributed by atoms with Crippen LogP contribution in [0.25, 0.3) is 6.08 Å². The van der Waals surface area contributed by atoms with Crippen molar-refractivity contribution in [3.05, 3.63) is 77.0 Å². The van der Waals surface area contributed by atoms with E-state index in [0.717, 1.165) is 16.9 Å². The highest BCUT2D eigenvalue weighted by Gasteiger charge is 2.31. The van der Waals surface area contributed by atoms with Crippen LogP contribution in [0, 0.1) is 0 Å². The second-order valence-electron chi connectivity index (χ2n) is 5.53. The monoisotopic (exact) mass is 339 g/mol. The summed E-state index contributed by atoms with van der Waals surface area (Å²) in [6.07, 6.45) is 3.42. The number of hydrogen-bond acceptors (Lipinski definition) is 4. The molecule has 5 nitrogen and oxygen atoms in total. The number of nitrogens with one attached hydrogen (secondary N) is 1. The molecule has 0 aromatic heterocycles. The summed E-state index contributed by atoms with van der Waals surface area (Å²) in [7, 11) is -3.74. The summed E-state index contributed by atoms with van der Waals surface area (Å²) >= 11 is 0. The van der Waals surface area contributed by atoms with Gasteiger partial charge in [0.25, 0.3) is 10.0 Å². The van der Waals surface area contributed by atoms with Crippen molar-refractivity contribution in [2.24, 2.45) is 0 Å². The largest absolute Gasteiger partial charge is 0.488 e. The topological polar surface area (TPSA) is 72.5 Å². The molecule has 0 fully saturated rings. The number of carbonyl (C=O) groups is 1. The van der Waals surface area contributed by atoms with E-state index in [4.69, 9.17) is 4.74 Å². The molecule has 0 spiro atoms.